The van der Waals surface area contributed by atoms with Crippen LogP contribution in [0.3, 0.4) is 0 Å². The van der Waals surface area contributed by atoms with Gasteiger partial charge < -0.3 is 19.2 Å². The number of hydrogen-bond acceptors (Lipinski definition) is 3. The maximum absolute atomic E-state index is 12.6. The summed E-state index contributed by atoms with van der Waals surface area (Å²) in [6, 6.07) is 7.55. The van der Waals surface area contributed by atoms with Gasteiger partial charge in [-0.1, -0.05) is 27.7 Å². The van der Waals surface area contributed by atoms with Crippen molar-refractivity contribution in [2.75, 3.05) is 13.1 Å². The molecule has 0 saturated heterocycles. The van der Waals surface area contributed by atoms with Crippen molar-refractivity contribution in [2.24, 2.45) is 5.92 Å². The molecule has 2 aromatic heterocycles. The van der Waals surface area contributed by atoms with Crippen LogP contribution in [0.2, 0.25) is 0 Å². The van der Waals surface area contributed by atoms with Gasteiger partial charge in [0.15, 0.2) is 5.76 Å². The molecule has 0 bridgehead atoms. The largest absolute Gasteiger partial charge is 0.454 e. The molecule has 0 spiro atoms. The van der Waals surface area contributed by atoms with E-state index in [0.717, 1.165) is 30.8 Å². The summed E-state index contributed by atoms with van der Waals surface area (Å²) >= 11 is 0. The van der Waals surface area contributed by atoms with Crippen molar-refractivity contribution in [2.45, 2.75) is 60.0 Å². The van der Waals surface area contributed by atoms with E-state index in [1.165, 1.54) is 0 Å². The number of hydrogen-bond donors (Lipinski definition) is 1. The van der Waals surface area contributed by atoms with Crippen LogP contribution in [0.5, 0.6) is 0 Å². The summed E-state index contributed by atoms with van der Waals surface area (Å²) in [5, 5.41) is 2.82. The number of aromatic nitrogens is 1. The minimum atomic E-state index is -0.186. The van der Waals surface area contributed by atoms with Crippen LogP contribution in [0.25, 0.3) is 0 Å². The lowest BCUT2D eigenvalue weighted by atomic mass is 10.1. The molecule has 0 radical (unpaired) electrons. The van der Waals surface area contributed by atoms with Gasteiger partial charge in [0.25, 0.3) is 5.91 Å². The monoisotopic (exact) mass is 387 g/mol. The van der Waals surface area contributed by atoms with E-state index in [-0.39, 0.29) is 11.8 Å². The van der Waals surface area contributed by atoms with Gasteiger partial charge in [-0.15, -0.1) is 0 Å². The first-order valence-corrected chi connectivity index (χ1v) is 10.2. The molecular weight excluding hydrogens is 354 g/mol. The number of nitrogens with one attached hydrogen (secondary N) is 1. The average Bonchev–Trinajstić information content (AvgIpc) is 3.29. The summed E-state index contributed by atoms with van der Waals surface area (Å²) in [4.78, 5) is 26.5. The lowest BCUT2D eigenvalue weighted by molar-refractivity contribution is -0.132. The molecule has 6 nitrogen and oxygen atoms in total. The SMILES string of the molecule is CCCNC(=O)c1ccc(Cn2cccc2CN(CCC)C(=O)CC(C)C)o1. The van der Waals surface area contributed by atoms with Gasteiger partial charge in [-0.05, 0) is 43.0 Å². The molecule has 0 aliphatic rings. The third-order valence-corrected chi connectivity index (χ3v) is 4.45. The van der Waals surface area contributed by atoms with E-state index in [1.54, 1.807) is 6.07 Å². The van der Waals surface area contributed by atoms with Crippen LogP contribution >= 0.6 is 0 Å². The van der Waals surface area contributed by atoms with E-state index in [0.29, 0.717) is 37.7 Å². The molecule has 2 amide bonds. The summed E-state index contributed by atoms with van der Waals surface area (Å²) in [6.45, 7) is 10.7. The summed E-state index contributed by atoms with van der Waals surface area (Å²) in [7, 11) is 0. The lowest BCUT2D eigenvalue weighted by Gasteiger charge is -2.24. The molecule has 0 aromatic carbocycles. The van der Waals surface area contributed by atoms with E-state index >= 15 is 0 Å². The maximum Gasteiger partial charge on any atom is 0.286 e. The Bertz CT molecular complexity index is 761. The van der Waals surface area contributed by atoms with Crippen LogP contribution in [0, 0.1) is 5.92 Å². The highest BCUT2D eigenvalue weighted by Gasteiger charge is 2.17. The van der Waals surface area contributed by atoms with Crippen LogP contribution in [0.1, 0.15) is 69.0 Å². The van der Waals surface area contributed by atoms with Crippen LogP contribution < -0.4 is 5.32 Å². The van der Waals surface area contributed by atoms with Crippen LogP contribution in [0.4, 0.5) is 0 Å². The molecule has 28 heavy (non-hydrogen) atoms. The minimum Gasteiger partial charge on any atom is -0.454 e. The minimum absolute atomic E-state index is 0.186. The number of furan rings is 1. The Labute approximate surface area is 167 Å². The van der Waals surface area contributed by atoms with Gasteiger partial charge in [-0.3, -0.25) is 9.59 Å². The highest BCUT2D eigenvalue weighted by atomic mass is 16.4. The third kappa shape index (κ3) is 6.29. The maximum atomic E-state index is 12.6. The number of carbonyl (C=O) groups excluding carboxylic acids is 2. The summed E-state index contributed by atoms with van der Waals surface area (Å²) in [5.74, 6) is 1.40. The topological polar surface area (TPSA) is 67.5 Å². The molecule has 0 aliphatic carbocycles. The molecule has 2 rings (SSSR count). The van der Waals surface area contributed by atoms with E-state index in [9.17, 15) is 9.59 Å². The van der Waals surface area contributed by atoms with Crippen LogP contribution in [-0.4, -0.2) is 34.4 Å². The van der Waals surface area contributed by atoms with E-state index in [2.05, 4.69) is 30.7 Å². The zero-order valence-corrected chi connectivity index (χ0v) is 17.5. The Morgan fingerprint density at radius 1 is 1.18 bits per heavy atom. The first kappa shape index (κ1) is 21.8. The zero-order valence-electron chi connectivity index (χ0n) is 17.5. The second-order valence-corrected chi connectivity index (χ2v) is 7.56. The Kier molecular flexibility index (Phi) is 8.36. The average molecular weight is 388 g/mol. The second kappa shape index (κ2) is 10.7. The van der Waals surface area contributed by atoms with Crippen molar-refractivity contribution >= 4 is 11.8 Å². The first-order valence-electron chi connectivity index (χ1n) is 10.2. The highest BCUT2D eigenvalue weighted by molar-refractivity contribution is 5.91. The smallest absolute Gasteiger partial charge is 0.286 e. The fourth-order valence-corrected chi connectivity index (χ4v) is 3.06. The van der Waals surface area contributed by atoms with Crippen molar-refractivity contribution in [3.63, 3.8) is 0 Å². The molecule has 0 fully saturated rings. The lowest BCUT2D eigenvalue weighted by Crippen LogP contribution is -2.32. The Hall–Kier alpha value is -2.50. The number of rotatable bonds is 11. The van der Waals surface area contributed by atoms with E-state index in [1.807, 2.05) is 36.2 Å². The third-order valence-electron chi connectivity index (χ3n) is 4.45. The summed E-state index contributed by atoms with van der Waals surface area (Å²) in [6.07, 6.45) is 4.36. The highest BCUT2D eigenvalue weighted by Crippen LogP contribution is 2.15. The fraction of sp³-hybridized carbons (Fsp3) is 0.545. The van der Waals surface area contributed by atoms with E-state index < -0.39 is 0 Å². The van der Waals surface area contributed by atoms with E-state index in [4.69, 9.17) is 4.42 Å². The first-order chi connectivity index (χ1) is 13.4. The molecule has 2 aromatic rings. The molecule has 0 saturated carbocycles. The molecule has 0 unspecified atom stereocenters. The Balaban J connectivity index is 2.05. The summed E-state index contributed by atoms with van der Waals surface area (Å²) < 4.78 is 7.78. The molecule has 0 atom stereocenters. The van der Waals surface area contributed by atoms with Gasteiger partial charge in [-0.25, -0.2) is 0 Å². The molecule has 6 heteroatoms. The summed E-state index contributed by atoms with van der Waals surface area (Å²) in [5.41, 5.74) is 1.05. The molecule has 2 heterocycles. The fourth-order valence-electron chi connectivity index (χ4n) is 3.06. The van der Waals surface area contributed by atoms with Crippen molar-refractivity contribution in [1.82, 2.24) is 14.8 Å². The predicted molar refractivity (Wildman–Crippen MR) is 110 cm³/mol. The molecule has 154 valence electrons. The number of amides is 2. The number of nitrogens with zero attached hydrogens (tertiary/aromatic N) is 2. The van der Waals surface area contributed by atoms with Crippen molar-refractivity contribution in [3.8, 4) is 0 Å². The normalized spacial score (nSPS) is 11.0. The zero-order chi connectivity index (χ0) is 20.5. The molecule has 1 N–H and O–H groups in total. The van der Waals surface area contributed by atoms with Crippen LogP contribution in [-0.2, 0) is 17.9 Å². The van der Waals surface area contributed by atoms with Crippen molar-refractivity contribution in [1.29, 1.82) is 0 Å². The van der Waals surface area contributed by atoms with Gasteiger partial charge >= 0.3 is 0 Å². The van der Waals surface area contributed by atoms with Crippen LogP contribution in [0.15, 0.2) is 34.9 Å². The predicted octanol–water partition coefficient (Wildman–Crippen LogP) is 4.05. The molecule has 0 aliphatic heterocycles. The Morgan fingerprint density at radius 3 is 2.64 bits per heavy atom. The Morgan fingerprint density at radius 2 is 1.96 bits per heavy atom. The molecular formula is C22H33N3O3. The standard InChI is InChI=1S/C22H33N3O3/c1-5-11-23-22(27)20-10-9-19(28-20)16-24-13-7-8-18(24)15-25(12-6-2)21(26)14-17(3)4/h7-10,13,17H,5-6,11-12,14-16H2,1-4H3,(H,23,27). The second-order valence-electron chi connectivity index (χ2n) is 7.56. The van der Waals surface area contributed by atoms with Gasteiger partial charge in [0, 0.05) is 31.4 Å². The van der Waals surface area contributed by atoms with Crippen molar-refractivity contribution < 1.29 is 14.0 Å². The van der Waals surface area contributed by atoms with Gasteiger partial charge in [-0.2, -0.15) is 0 Å². The van der Waals surface area contributed by atoms with Gasteiger partial charge in [0.2, 0.25) is 5.91 Å². The van der Waals surface area contributed by atoms with Gasteiger partial charge in [0.1, 0.15) is 5.76 Å². The quantitative estimate of drug-likeness (QED) is 0.632. The van der Waals surface area contributed by atoms with Gasteiger partial charge in [0.05, 0.1) is 13.1 Å². The number of carbonyl (C=O) groups is 2. The van der Waals surface area contributed by atoms with Crippen molar-refractivity contribution in [3.05, 3.63) is 47.7 Å².